The van der Waals surface area contributed by atoms with E-state index in [-0.39, 0.29) is 6.61 Å². The molecule has 0 aliphatic rings. The predicted molar refractivity (Wildman–Crippen MR) is 137 cm³/mol. The molecule has 0 spiro atoms. The first kappa shape index (κ1) is 25.7. The fraction of sp³-hybridized carbons (Fsp3) is 0.120. The van der Waals surface area contributed by atoms with Crippen molar-refractivity contribution in [3.05, 3.63) is 87.9 Å². The average molecular weight is 513 g/mol. The summed E-state index contributed by atoms with van der Waals surface area (Å²) in [5.74, 6) is -1.82. The number of carbonyl (C=O) groups is 3. The van der Waals surface area contributed by atoms with Crippen LogP contribution in [0.5, 0.6) is 5.75 Å². The molecule has 0 bridgehead atoms. The predicted octanol–water partition coefficient (Wildman–Crippen LogP) is 4.66. The molecular weight excluding hydrogens is 491 g/mol. The second-order valence-electron chi connectivity index (χ2n) is 7.17. The number of hydrogen-bond donors (Lipinski definition) is 3. The van der Waals surface area contributed by atoms with Crippen LogP contribution in [0.15, 0.2) is 71.8 Å². The third-order valence-corrected chi connectivity index (χ3v) is 5.44. The van der Waals surface area contributed by atoms with Crippen LogP contribution in [-0.2, 0) is 20.8 Å². The van der Waals surface area contributed by atoms with Crippen molar-refractivity contribution >= 4 is 58.5 Å². The third-order valence-electron chi connectivity index (χ3n) is 4.70. The van der Waals surface area contributed by atoms with Gasteiger partial charge in [0, 0.05) is 16.9 Å². The minimum atomic E-state index is -0.924. The lowest BCUT2D eigenvalue weighted by Crippen LogP contribution is -2.32. The molecule has 3 aromatic carbocycles. The first-order chi connectivity index (χ1) is 16.9. The van der Waals surface area contributed by atoms with E-state index in [0.29, 0.717) is 39.2 Å². The van der Waals surface area contributed by atoms with E-state index >= 15 is 0 Å². The Bertz CT molecular complexity index is 1260. The zero-order valence-electron chi connectivity index (χ0n) is 18.7. The minimum absolute atomic E-state index is 0.281. The number of carbonyl (C=O) groups excluding carboxylic acids is 3. The third kappa shape index (κ3) is 7.56. The Balaban J connectivity index is 1.54. The zero-order chi connectivity index (χ0) is 25.2. The number of hydrogen-bond acceptors (Lipinski definition) is 5. The summed E-state index contributed by atoms with van der Waals surface area (Å²) in [6, 6.07) is 18.7. The van der Waals surface area contributed by atoms with Crippen LogP contribution in [0.25, 0.3) is 0 Å². The van der Waals surface area contributed by atoms with Crippen molar-refractivity contribution in [1.29, 1.82) is 0 Å². The fourth-order valence-electron chi connectivity index (χ4n) is 2.97. The first-order valence-corrected chi connectivity index (χ1v) is 11.3. The maximum absolute atomic E-state index is 12.2. The molecule has 0 saturated heterocycles. The molecule has 3 amide bonds. The van der Waals surface area contributed by atoms with Crippen molar-refractivity contribution in [3.8, 4) is 5.75 Å². The number of nitrogens with one attached hydrogen (secondary N) is 3. The summed E-state index contributed by atoms with van der Waals surface area (Å²) in [6.45, 7) is 1.67. The van der Waals surface area contributed by atoms with Crippen LogP contribution in [0.3, 0.4) is 0 Å². The number of ether oxygens (including phenoxy) is 1. The molecule has 0 aliphatic carbocycles. The molecule has 3 aromatic rings. The summed E-state index contributed by atoms with van der Waals surface area (Å²) >= 11 is 11.8. The Labute approximate surface area is 212 Å². The van der Waals surface area contributed by atoms with Crippen molar-refractivity contribution in [3.63, 3.8) is 0 Å². The van der Waals surface area contributed by atoms with Crippen molar-refractivity contribution < 1.29 is 19.1 Å². The molecule has 0 aromatic heterocycles. The zero-order valence-corrected chi connectivity index (χ0v) is 20.2. The van der Waals surface area contributed by atoms with E-state index in [1.54, 1.807) is 48.5 Å². The highest BCUT2D eigenvalue weighted by Gasteiger charge is 2.14. The van der Waals surface area contributed by atoms with Crippen molar-refractivity contribution in [2.24, 2.45) is 5.10 Å². The molecule has 0 aliphatic heterocycles. The van der Waals surface area contributed by atoms with Gasteiger partial charge in [0.05, 0.1) is 16.3 Å². The second kappa shape index (κ2) is 12.5. The molecule has 0 fully saturated rings. The van der Waals surface area contributed by atoms with Gasteiger partial charge in [0.15, 0.2) is 6.61 Å². The van der Waals surface area contributed by atoms with Gasteiger partial charge in [-0.15, -0.1) is 0 Å². The fourth-order valence-corrected chi connectivity index (χ4v) is 3.27. The number of hydrazone groups is 1. The Morgan fingerprint density at radius 2 is 1.66 bits per heavy atom. The van der Waals surface area contributed by atoms with Gasteiger partial charge in [0.1, 0.15) is 5.75 Å². The van der Waals surface area contributed by atoms with Gasteiger partial charge in [-0.3, -0.25) is 14.4 Å². The van der Waals surface area contributed by atoms with E-state index < -0.39 is 17.7 Å². The normalized spacial score (nSPS) is 10.6. The Kier molecular flexibility index (Phi) is 9.23. The average Bonchev–Trinajstić information content (AvgIpc) is 2.86. The maximum atomic E-state index is 12.2. The van der Waals surface area contributed by atoms with Gasteiger partial charge in [-0.2, -0.15) is 5.10 Å². The minimum Gasteiger partial charge on any atom is -0.483 e. The van der Waals surface area contributed by atoms with Crippen molar-refractivity contribution in [1.82, 2.24) is 5.43 Å². The summed E-state index contributed by atoms with van der Waals surface area (Å²) in [4.78, 5) is 36.5. The quantitative estimate of drug-likeness (QED) is 0.231. The number of nitrogens with zero attached hydrogens (tertiary/aromatic N) is 1. The first-order valence-electron chi connectivity index (χ1n) is 10.6. The molecule has 0 atom stereocenters. The molecule has 0 unspecified atom stereocenters. The number of benzene rings is 3. The van der Waals surface area contributed by atoms with Crippen molar-refractivity contribution in [2.75, 3.05) is 17.2 Å². The SMILES string of the molecule is CCc1ccccc1NC(=O)C(=O)N/N=C\c1ccccc1OCC(=O)Nc1ccc(Cl)c(Cl)c1. The molecule has 3 rings (SSSR count). The molecule has 3 N–H and O–H groups in total. The number of amides is 3. The second-order valence-corrected chi connectivity index (χ2v) is 7.98. The Hall–Kier alpha value is -3.88. The highest BCUT2D eigenvalue weighted by molar-refractivity contribution is 6.42. The van der Waals surface area contributed by atoms with Gasteiger partial charge in [-0.1, -0.05) is 60.5 Å². The summed E-state index contributed by atoms with van der Waals surface area (Å²) in [5, 5.41) is 9.75. The number of rotatable bonds is 8. The van der Waals surface area contributed by atoms with Crippen LogP contribution >= 0.6 is 23.2 Å². The van der Waals surface area contributed by atoms with Crippen LogP contribution in [0.2, 0.25) is 10.0 Å². The molecule has 180 valence electrons. The molecular formula is C25H22Cl2N4O4. The van der Waals surface area contributed by atoms with Gasteiger partial charge in [0.2, 0.25) is 0 Å². The number of halogens is 2. The lowest BCUT2D eigenvalue weighted by molar-refractivity contribution is -0.136. The van der Waals surface area contributed by atoms with Crippen LogP contribution in [0.4, 0.5) is 11.4 Å². The highest BCUT2D eigenvalue weighted by atomic mass is 35.5. The molecule has 10 heteroatoms. The summed E-state index contributed by atoms with van der Waals surface area (Å²) in [6.07, 6.45) is 2.02. The number of para-hydroxylation sites is 2. The standard InChI is InChI=1S/C25H22Cl2N4O4/c1-2-16-7-3-5-9-21(16)30-24(33)25(34)31-28-14-17-8-4-6-10-22(17)35-15-23(32)29-18-11-12-19(26)20(27)13-18/h3-14H,2,15H2,1H3,(H,29,32)(H,30,33)(H,31,34)/b28-14-. The summed E-state index contributed by atoms with van der Waals surface area (Å²) < 4.78 is 5.58. The molecule has 0 radical (unpaired) electrons. The van der Waals surface area contributed by atoms with Crippen LogP contribution in [-0.4, -0.2) is 30.5 Å². The molecule has 8 nitrogen and oxygen atoms in total. The van der Waals surface area contributed by atoms with E-state index in [0.717, 1.165) is 5.56 Å². The highest BCUT2D eigenvalue weighted by Crippen LogP contribution is 2.25. The van der Waals surface area contributed by atoms with E-state index in [9.17, 15) is 14.4 Å². The van der Waals surface area contributed by atoms with E-state index in [4.69, 9.17) is 27.9 Å². The Morgan fingerprint density at radius 3 is 2.43 bits per heavy atom. The van der Waals surface area contributed by atoms with Crippen molar-refractivity contribution in [2.45, 2.75) is 13.3 Å². The van der Waals surface area contributed by atoms with E-state index in [2.05, 4.69) is 21.2 Å². The molecule has 0 saturated carbocycles. The Morgan fingerprint density at radius 1 is 0.914 bits per heavy atom. The largest absolute Gasteiger partial charge is 0.483 e. The van der Waals surface area contributed by atoms with E-state index in [1.165, 1.54) is 12.3 Å². The summed E-state index contributed by atoms with van der Waals surface area (Å²) in [7, 11) is 0. The smallest absolute Gasteiger partial charge is 0.329 e. The van der Waals surface area contributed by atoms with Gasteiger partial charge >= 0.3 is 11.8 Å². The van der Waals surface area contributed by atoms with E-state index in [1.807, 2.05) is 19.1 Å². The van der Waals surface area contributed by atoms with Crippen LogP contribution < -0.4 is 20.8 Å². The van der Waals surface area contributed by atoms with Crippen LogP contribution in [0, 0.1) is 0 Å². The number of anilines is 2. The monoisotopic (exact) mass is 512 g/mol. The number of aryl methyl sites for hydroxylation is 1. The molecule has 0 heterocycles. The molecule has 35 heavy (non-hydrogen) atoms. The maximum Gasteiger partial charge on any atom is 0.329 e. The van der Waals surface area contributed by atoms with Gasteiger partial charge in [-0.25, -0.2) is 5.43 Å². The lowest BCUT2D eigenvalue weighted by atomic mass is 10.1. The van der Waals surface area contributed by atoms with Crippen LogP contribution in [0.1, 0.15) is 18.1 Å². The lowest BCUT2D eigenvalue weighted by Gasteiger charge is -2.10. The van der Waals surface area contributed by atoms with Gasteiger partial charge < -0.3 is 15.4 Å². The van der Waals surface area contributed by atoms with Gasteiger partial charge in [-0.05, 0) is 48.4 Å². The topological polar surface area (TPSA) is 109 Å². The van der Waals surface area contributed by atoms with Gasteiger partial charge in [0.25, 0.3) is 5.91 Å². The summed E-state index contributed by atoms with van der Waals surface area (Å²) in [5.41, 5.74) is 4.63.